The van der Waals surface area contributed by atoms with Crippen molar-refractivity contribution in [3.63, 3.8) is 0 Å². The first kappa shape index (κ1) is 17.5. The van der Waals surface area contributed by atoms with E-state index in [1.54, 1.807) is 7.11 Å². The first-order valence-electron chi connectivity index (χ1n) is 10.4. The van der Waals surface area contributed by atoms with Crippen molar-refractivity contribution in [1.29, 1.82) is 0 Å². The third kappa shape index (κ3) is 1.95. The lowest BCUT2D eigenvalue weighted by Crippen LogP contribution is -2.49. The molecule has 0 aromatic heterocycles. The van der Waals surface area contributed by atoms with Crippen molar-refractivity contribution in [1.82, 2.24) is 0 Å². The molecular formula is C24H25NO4. The van der Waals surface area contributed by atoms with Crippen molar-refractivity contribution in [2.24, 2.45) is 23.7 Å². The van der Waals surface area contributed by atoms with Crippen LogP contribution in [0, 0.1) is 37.5 Å². The van der Waals surface area contributed by atoms with Crippen LogP contribution in [0.5, 0.6) is 5.75 Å². The minimum Gasteiger partial charge on any atom is -0.497 e. The van der Waals surface area contributed by atoms with Crippen molar-refractivity contribution < 1.29 is 19.4 Å². The number of ether oxygens (including phenoxy) is 2. The fourth-order valence-corrected chi connectivity index (χ4v) is 6.73. The van der Waals surface area contributed by atoms with Gasteiger partial charge in [0.1, 0.15) is 5.75 Å². The molecule has 2 aliphatic carbocycles. The van der Waals surface area contributed by atoms with Gasteiger partial charge in [0.2, 0.25) is 5.91 Å². The Balaban J connectivity index is 1.58. The summed E-state index contributed by atoms with van der Waals surface area (Å²) in [4.78, 5) is 15.7. The number of carbonyl (C=O) groups excluding carboxylic acids is 1. The number of fused-ring (bicyclic) bond motifs is 2. The van der Waals surface area contributed by atoms with E-state index in [1.165, 1.54) is 5.56 Å². The molecule has 1 N–H and O–H groups in total. The maximum atomic E-state index is 13.8. The van der Waals surface area contributed by atoms with Crippen LogP contribution in [0.25, 0.3) is 0 Å². The summed E-state index contributed by atoms with van der Waals surface area (Å²) >= 11 is 0. The molecule has 0 spiro atoms. The van der Waals surface area contributed by atoms with E-state index >= 15 is 0 Å². The number of carbonyl (C=O) groups is 1. The summed E-state index contributed by atoms with van der Waals surface area (Å²) in [5, 5.41) is 10.8. The van der Waals surface area contributed by atoms with Gasteiger partial charge < -0.3 is 14.6 Å². The molecule has 2 saturated heterocycles. The third-order valence-electron chi connectivity index (χ3n) is 7.75. The van der Waals surface area contributed by atoms with Gasteiger partial charge in [0.15, 0.2) is 5.72 Å². The molecule has 2 aliphatic heterocycles. The fraction of sp³-hybridized carbons (Fsp3) is 0.458. The molecule has 29 heavy (non-hydrogen) atoms. The molecule has 2 bridgehead atoms. The maximum Gasteiger partial charge on any atom is 0.233 e. The SMILES string of the molecule is COc1ccc(C23OC4C(O)C5CC4C2C5C(=O)N3c2ccc(C)cc2C)cc1. The van der Waals surface area contributed by atoms with Gasteiger partial charge in [0.05, 0.1) is 25.2 Å². The van der Waals surface area contributed by atoms with Crippen molar-refractivity contribution in [3.8, 4) is 5.75 Å². The molecule has 2 aromatic rings. The summed E-state index contributed by atoms with van der Waals surface area (Å²) in [5.74, 6) is 0.969. The molecule has 1 amide bonds. The van der Waals surface area contributed by atoms with E-state index in [-0.39, 0.29) is 35.7 Å². The lowest BCUT2D eigenvalue weighted by molar-refractivity contribution is -0.133. The van der Waals surface area contributed by atoms with Crippen molar-refractivity contribution >= 4 is 11.6 Å². The molecule has 2 aromatic carbocycles. The second-order valence-corrected chi connectivity index (χ2v) is 9.08. The Kier molecular flexibility index (Phi) is 3.38. The van der Waals surface area contributed by atoms with Gasteiger partial charge in [-0.1, -0.05) is 29.8 Å². The Labute approximate surface area is 170 Å². The molecule has 5 nitrogen and oxygen atoms in total. The number of anilines is 1. The van der Waals surface area contributed by atoms with Crippen molar-refractivity contribution in [2.45, 2.75) is 38.2 Å². The summed E-state index contributed by atoms with van der Waals surface area (Å²) in [7, 11) is 1.65. The molecule has 5 heteroatoms. The zero-order valence-electron chi connectivity index (χ0n) is 16.8. The second kappa shape index (κ2) is 5.61. The number of aliphatic hydroxyl groups is 1. The number of hydrogen-bond acceptors (Lipinski definition) is 4. The van der Waals surface area contributed by atoms with Crippen LogP contribution in [0.2, 0.25) is 0 Å². The number of benzene rings is 2. The Bertz CT molecular complexity index is 1020. The van der Waals surface area contributed by atoms with E-state index in [1.807, 2.05) is 48.2 Å². The first-order chi connectivity index (χ1) is 14.0. The van der Waals surface area contributed by atoms with E-state index in [4.69, 9.17) is 9.47 Å². The van der Waals surface area contributed by atoms with Crippen molar-refractivity contribution in [2.75, 3.05) is 12.0 Å². The number of aryl methyl sites for hydroxylation is 2. The van der Waals surface area contributed by atoms with Crippen LogP contribution < -0.4 is 9.64 Å². The lowest BCUT2D eigenvalue weighted by Gasteiger charge is -2.40. The molecule has 2 saturated carbocycles. The Hall–Kier alpha value is -2.37. The highest BCUT2D eigenvalue weighted by atomic mass is 16.6. The van der Waals surface area contributed by atoms with Gasteiger partial charge in [0, 0.05) is 17.2 Å². The van der Waals surface area contributed by atoms with Crippen LogP contribution >= 0.6 is 0 Å². The fourth-order valence-electron chi connectivity index (χ4n) is 6.73. The number of hydrogen-bond donors (Lipinski definition) is 1. The number of amides is 1. The minimum absolute atomic E-state index is 0.00150. The minimum atomic E-state index is -0.865. The molecule has 4 aliphatic rings. The van der Waals surface area contributed by atoms with Crippen molar-refractivity contribution in [3.05, 3.63) is 59.2 Å². The van der Waals surface area contributed by atoms with Gasteiger partial charge in [0.25, 0.3) is 0 Å². The molecule has 6 rings (SSSR count). The van der Waals surface area contributed by atoms with Crippen LogP contribution in [0.4, 0.5) is 5.69 Å². The average molecular weight is 391 g/mol. The Morgan fingerprint density at radius 1 is 1.14 bits per heavy atom. The number of methoxy groups -OCH3 is 1. The summed E-state index contributed by atoms with van der Waals surface area (Å²) in [6, 6.07) is 14.1. The predicted octanol–water partition coefficient (Wildman–Crippen LogP) is 3.15. The molecule has 0 radical (unpaired) electrons. The van der Waals surface area contributed by atoms with E-state index in [9.17, 15) is 9.90 Å². The first-order valence-corrected chi connectivity index (χ1v) is 10.4. The summed E-state index contributed by atoms with van der Waals surface area (Å²) in [6.45, 7) is 4.11. The topological polar surface area (TPSA) is 59.0 Å². The Morgan fingerprint density at radius 2 is 1.90 bits per heavy atom. The molecular weight excluding hydrogens is 366 g/mol. The number of aliphatic hydroxyl groups excluding tert-OH is 1. The van der Waals surface area contributed by atoms with Gasteiger partial charge in [-0.3, -0.25) is 9.69 Å². The predicted molar refractivity (Wildman–Crippen MR) is 108 cm³/mol. The second-order valence-electron chi connectivity index (χ2n) is 9.08. The van der Waals surface area contributed by atoms with Gasteiger partial charge in [-0.2, -0.15) is 0 Å². The van der Waals surface area contributed by atoms with Crippen LogP contribution in [0.3, 0.4) is 0 Å². The summed E-state index contributed by atoms with van der Waals surface area (Å²) in [6.07, 6.45) is 0.127. The molecule has 150 valence electrons. The van der Waals surface area contributed by atoms with Crippen LogP contribution in [-0.4, -0.2) is 30.3 Å². The zero-order valence-corrected chi connectivity index (χ0v) is 16.8. The zero-order chi connectivity index (χ0) is 20.1. The quantitative estimate of drug-likeness (QED) is 0.873. The third-order valence-corrected chi connectivity index (χ3v) is 7.75. The highest BCUT2D eigenvalue weighted by Gasteiger charge is 2.79. The summed E-state index contributed by atoms with van der Waals surface area (Å²) in [5.41, 5.74) is 3.23. The van der Waals surface area contributed by atoms with E-state index in [0.717, 1.165) is 29.0 Å². The van der Waals surface area contributed by atoms with Gasteiger partial charge >= 0.3 is 0 Å². The monoisotopic (exact) mass is 391 g/mol. The highest BCUT2D eigenvalue weighted by molar-refractivity contribution is 6.01. The highest BCUT2D eigenvalue weighted by Crippen LogP contribution is 2.71. The Morgan fingerprint density at radius 3 is 2.59 bits per heavy atom. The number of nitrogens with zero attached hydrogens (tertiary/aromatic N) is 1. The van der Waals surface area contributed by atoms with Gasteiger partial charge in [-0.15, -0.1) is 0 Å². The maximum absolute atomic E-state index is 13.8. The van der Waals surface area contributed by atoms with Crippen LogP contribution in [-0.2, 0) is 15.3 Å². The molecule has 2 heterocycles. The van der Waals surface area contributed by atoms with E-state index < -0.39 is 11.8 Å². The van der Waals surface area contributed by atoms with Crippen LogP contribution in [0.1, 0.15) is 23.1 Å². The lowest BCUT2D eigenvalue weighted by atomic mass is 9.75. The standard InChI is InChI=1S/C24H25NO4/c1-12-4-9-18(13(2)10-12)25-23(27)19-16-11-17-20(19)24(25,29-22(17)21(16)26)14-5-7-15(28-3)8-6-14/h4-10,16-17,19-22,26H,11H2,1-3H3. The van der Waals surface area contributed by atoms with Gasteiger partial charge in [-0.25, -0.2) is 0 Å². The van der Waals surface area contributed by atoms with E-state index in [0.29, 0.717) is 0 Å². The summed E-state index contributed by atoms with van der Waals surface area (Å²) < 4.78 is 12.1. The normalized spacial score (nSPS) is 38.9. The van der Waals surface area contributed by atoms with Crippen LogP contribution in [0.15, 0.2) is 42.5 Å². The smallest absolute Gasteiger partial charge is 0.233 e. The molecule has 4 fully saturated rings. The molecule has 7 unspecified atom stereocenters. The number of rotatable bonds is 3. The van der Waals surface area contributed by atoms with E-state index in [2.05, 4.69) is 13.0 Å². The average Bonchev–Trinajstić information content (AvgIpc) is 3.38. The largest absolute Gasteiger partial charge is 0.497 e. The van der Waals surface area contributed by atoms with Gasteiger partial charge in [-0.05, 0) is 55.9 Å². The molecule has 7 atom stereocenters.